The number of halogens is 5. The molecule has 2 aromatic carbocycles. The van der Waals surface area contributed by atoms with Crippen LogP contribution in [-0.2, 0) is 11.3 Å². The molecule has 0 spiro atoms. The summed E-state index contributed by atoms with van der Waals surface area (Å²) in [6.45, 7) is 4.56. The van der Waals surface area contributed by atoms with E-state index in [1.807, 2.05) is 13.0 Å². The molecule has 1 atom stereocenters. The van der Waals surface area contributed by atoms with Crippen LogP contribution in [0.5, 0.6) is 0 Å². The number of aromatic nitrogens is 1. The SMILES string of the molecule is CC1CNc2c3c(ccc2=C2C=C(C(F)(F)F)Cn4ccc1c42)=NC(C(=O)c1cc(F)c(NC(=O)/C=C/CNC2(C)CC2)c(F)c1)=N3. The molecule has 1 aromatic heterocycles. The number of allylic oxidation sites excluding steroid dienone is 2. The van der Waals surface area contributed by atoms with Crippen molar-refractivity contribution in [3.05, 3.63) is 99.4 Å². The van der Waals surface area contributed by atoms with E-state index in [4.69, 9.17) is 0 Å². The van der Waals surface area contributed by atoms with E-state index in [0.717, 1.165) is 36.6 Å². The number of hydrogen-bond acceptors (Lipinski definition) is 6. The average molecular weight is 649 g/mol. The minimum atomic E-state index is -4.54. The number of nitrogens with one attached hydrogen (secondary N) is 3. The van der Waals surface area contributed by atoms with Gasteiger partial charge in [-0.3, -0.25) is 9.59 Å². The maximum absolute atomic E-state index is 15.0. The number of anilines is 2. The Bertz CT molecular complexity index is 2060. The van der Waals surface area contributed by atoms with Crippen LogP contribution in [0.1, 0.15) is 54.2 Å². The Hall–Kier alpha value is -4.91. The summed E-state index contributed by atoms with van der Waals surface area (Å²) < 4.78 is 73.3. The van der Waals surface area contributed by atoms with Gasteiger partial charge in [0.05, 0.1) is 28.9 Å². The molecule has 1 fully saturated rings. The topological polar surface area (TPSA) is 99.9 Å². The Kier molecular flexibility index (Phi) is 7.27. The lowest BCUT2D eigenvalue weighted by Crippen LogP contribution is -2.28. The molecule has 13 heteroatoms. The number of aliphatic imine (C=N–C) groups is 1. The number of amides is 1. The number of amidine groups is 1. The van der Waals surface area contributed by atoms with Gasteiger partial charge in [0.15, 0.2) is 0 Å². The molecule has 3 aliphatic heterocycles. The smallest absolute Gasteiger partial charge is 0.382 e. The summed E-state index contributed by atoms with van der Waals surface area (Å²) in [6.07, 6.45) is 3.07. The first-order valence-corrected chi connectivity index (χ1v) is 15.1. The van der Waals surface area contributed by atoms with Crippen LogP contribution in [0.2, 0.25) is 0 Å². The zero-order valence-corrected chi connectivity index (χ0v) is 25.4. The lowest BCUT2D eigenvalue weighted by Gasteiger charge is -2.27. The second kappa shape index (κ2) is 11.1. The number of nitrogens with zero attached hydrogens (tertiary/aromatic N) is 3. The fourth-order valence-electron chi connectivity index (χ4n) is 6.03. The number of rotatable bonds is 7. The molecular weight excluding hydrogens is 619 g/mol. The second-order valence-corrected chi connectivity index (χ2v) is 12.5. The number of carbonyl (C=O) groups excluding carboxylic acids is 2. The van der Waals surface area contributed by atoms with Crippen LogP contribution in [0.4, 0.5) is 39.0 Å². The summed E-state index contributed by atoms with van der Waals surface area (Å²) in [7, 11) is 0. The Balaban J connectivity index is 1.20. The summed E-state index contributed by atoms with van der Waals surface area (Å²) in [5.74, 6) is -4.33. The average Bonchev–Trinajstić information content (AvgIpc) is 3.39. The summed E-state index contributed by atoms with van der Waals surface area (Å²) in [5, 5.41) is 9.44. The Morgan fingerprint density at radius 3 is 2.57 bits per heavy atom. The first-order valence-electron chi connectivity index (χ1n) is 15.1. The summed E-state index contributed by atoms with van der Waals surface area (Å²) >= 11 is 0. The molecule has 1 amide bonds. The van der Waals surface area contributed by atoms with Crippen LogP contribution < -0.4 is 26.5 Å². The van der Waals surface area contributed by atoms with E-state index in [9.17, 15) is 31.5 Å². The van der Waals surface area contributed by atoms with Gasteiger partial charge in [0.2, 0.25) is 17.5 Å². The molecule has 47 heavy (non-hydrogen) atoms. The summed E-state index contributed by atoms with van der Waals surface area (Å²) in [5.41, 5.74) is 0.867. The molecule has 1 unspecified atom stereocenters. The van der Waals surface area contributed by atoms with Crippen LogP contribution in [0, 0.1) is 11.6 Å². The van der Waals surface area contributed by atoms with E-state index in [1.165, 1.54) is 6.08 Å². The van der Waals surface area contributed by atoms with Gasteiger partial charge < -0.3 is 20.5 Å². The highest BCUT2D eigenvalue weighted by Gasteiger charge is 2.38. The fourth-order valence-corrected chi connectivity index (χ4v) is 6.03. The molecule has 3 aromatic rings. The number of fused-ring (bicyclic) bond motifs is 3. The minimum Gasteiger partial charge on any atom is -0.382 e. The Morgan fingerprint density at radius 1 is 1.13 bits per heavy atom. The molecule has 0 saturated heterocycles. The van der Waals surface area contributed by atoms with E-state index < -0.39 is 40.8 Å². The standard InChI is InChI=1S/C34H29F5N6O2/c1-17-15-40-27-21(22-14-19(34(37,38)39)16-45-11-7-20(17)30(22)45)5-6-25-29(27)44-32(42-25)31(47)18-12-23(35)28(24(36)13-18)43-26(46)4-3-10-41-33(2)8-9-33/h3-7,11-14,17,40-41H,8-10,15-16H2,1-2H3,(H,43,46)/b4-3+,22-21?. The molecule has 1 saturated carbocycles. The lowest BCUT2D eigenvalue weighted by atomic mass is 9.91. The molecular formula is C34H29F5N6O2. The predicted molar refractivity (Wildman–Crippen MR) is 166 cm³/mol. The largest absolute Gasteiger partial charge is 0.414 e. The second-order valence-electron chi connectivity index (χ2n) is 12.5. The van der Waals surface area contributed by atoms with Crippen molar-refractivity contribution >= 4 is 40.2 Å². The third-order valence-corrected chi connectivity index (χ3v) is 8.95. The highest BCUT2D eigenvalue weighted by atomic mass is 19.4. The third kappa shape index (κ3) is 5.69. The van der Waals surface area contributed by atoms with Gasteiger partial charge in [0, 0.05) is 53.2 Å². The monoisotopic (exact) mass is 648 g/mol. The first-order chi connectivity index (χ1) is 22.3. The molecule has 242 valence electrons. The molecule has 8 nitrogen and oxygen atoms in total. The van der Waals surface area contributed by atoms with E-state index in [2.05, 4.69) is 32.9 Å². The van der Waals surface area contributed by atoms with Gasteiger partial charge in [0.1, 0.15) is 23.0 Å². The van der Waals surface area contributed by atoms with Crippen LogP contribution in [0.15, 0.2) is 70.3 Å². The van der Waals surface area contributed by atoms with Crippen LogP contribution >= 0.6 is 0 Å². The quantitative estimate of drug-likeness (QED) is 0.187. The molecule has 0 bridgehead atoms. The first kappa shape index (κ1) is 30.7. The van der Waals surface area contributed by atoms with Gasteiger partial charge in [-0.15, -0.1) is 0 Å². The number of ketones is 1. The van der Waals surface area contributed by atoms with Crippen LogP contribution in [0.3, 0.4) is 0 Å². The van der Waals surface area contributed by atoms with Gasteiger partial charge >= 0.3 is 6.18 Å². The maximum atomic E-state index is 15.0. The van der Waals surface area contributed by atoms with Crippen molar-refractivity contribution in [2.75, 3.05) is 23.7 Å². The van der Waals surface area contributed by atoms with Crippen molar-refractivity contribution in [1.29, 1.82) is 0 Å². The maximum Gasteiger partial charge on any atom is 0.414 e. The van der Waals surface area contributed by atoms with E-state index >= 15 is 0 Å². The number of hydrogen-bond donors (Lipinski definition) is 3. The van der Waals surface area contributed by atoms with Crippen molar-refractivity contribution < 1.29 is 31.5 Å². The zero-order valence-electron chi connectivity index (χ0n) is 25.4. The molecule has 7 rings (SSSR count). The molecule has 1 aliphatic carbocycles. The lowest BCUT2D eigenvalue weighted by molar-refractivity contribution is -0.112. The van der Waals surface area contributed by atoms with Gasteiger partial charge in [-0.25, -0.2) is 18.8 Å². The molecule has 3 N–H and O–H groups in total. The zero-order chi connectivity index (χ0) is 33.2. The van der Waals surface area contributed by atoms with Gasteiger partial charge in [0.25, 0.3) is 0 Å². The van der Waals surface area contributed by atoms with E-state index in [0.29, 0.717) is 35.3 Å². The van der Waals surface area contributed by atoms with Crippen LogP contribution in [0.25, 0.3) is 5.57 Å². The van der Waals surface area contributed by atoms with Gasteiger partial charge in [-0.1, -0.05) is 13.0 Å². The predicted octanol–water partition coefficient (Wildman–Crippen LogP) is 5.18. The minimum absolute atomic E-state index is 0.0647. The van der Waals surface area contributed by atoms with Crippen molar-refractivity contribution in [1.82, 2.24) is 9.88 Å². The highest BCUT2D eigenvalue weighted by molar-refractivity contribution is 6.46. The molecule has 4 heterocycles. The fraction of sp³-hybridized carbons (Fsp3) is 0.294. The summed E-state index contributed by atoms with van der Waals surface area (Å²) in [6, 6.07) is 6.60. The van der Waals surface area contributed by atoms with Crippen molar-refractivity contribution in [3.63, 3.8) is 0 Å². The summed E-state index contributed by atoms with van der Waals surface area (Å²) in [4.78, 5) is 34.3. The number of benzene rings is 2. The molecule has 0 radical (unpaired) electrons. The highest BCUT2D eigenvalue weighted by Crippen LogP contribution is 2.39. The van der Waals surface area contributed by atoms with Crippen molar-refractivity contribution in [2.45, 2.75) is 50.9 Å². The Labute approximate surface area is 265 Å². The third-order valence-electron chi connectivity index (χ3n) is 8.95. The number of alkyl halides is 3. The number of carbonyl (C=O) groups is 2. The van der Waals surface area contributed by atoms with Gasteiger partial charge in [-0.05, 0) is 61.7 Å². The number of Topliss-reactive ketones (excluding diaryl/α,β-unsaturated/α-hetero) is 1. The van der Waals surface area contributed by atoms with Crippen molar-refractivity contribution in [2.24, 2.45) is 9.98 Å². The van der Waals surface area contributed by atoms with Crippen LogP contribution in [-0.4, -0.2) is 46.9 Å². The van der Waals surface area contributed by atoms with E-state index in [-0.39, 0.29) is 40.4 Å². The normalized spacial score (nSPS) is 19.0. The van der Waals surface area contributed by atoms with E-state index in [1.54, 1.807) is 29.0 Å². The van der Waals surface area contributed by atoms with Gasteiger partial charge in [-0.2, -0.15) is 13.2 Å². The Morgan fingerprint density at radius 2 is 1.87 bits per heavy atom. The van der Waals surface area contributed by atoms with Crippen molar-refractivity contribution in [3.8, 4) is 0 Å². The molecule has 4 aliphatic rings.